The summed E-state index contributed by atoms with van der Waals surface area (Å²) >= 11 is 0. The maximum atomic E-state index is 11.6. The lowest BCUT2D eigenvalue weighted by atomic mass is 10.2. The number of rotatable bonds is 8. The molecule has 0 spiro atoms. The molecule has 23 heavy (non-hydrogen) atoms. The summed E-state index contributed by atoms with van der Waals surface area (Å²) in [5.41, 5.74) is 3.89. The lowest BCUT2D eigenvalue weighted by Crippen LogP contribution is -2.25. The van der Waals surface area contributed by atoms with Gasteiger partial charge in [-0.05, 0) is 56.4 Å². The lowest BCUT2D eigenvalue weighted by molar-refractivity contribution is -0.123. The van der Waals surface area contributed by atoms with Crippen LogP contribution in [0.5, 0.6) is 5.75 Å². The highest BCUT2D eigenvalue weighted by molar-refractivity contribution is 5.89. The zero-order valence-electron chi connectivity index (χ0n) is 13.5. The molecule has 0 bridgehead atoms. The number of carbonyl (C=O) groups is 2. The highest BCUT2D eigenvalue weighted by atomic mass is 16.5. The molecule has 1 aromatic rings. The monoisotopic (exact) mass is 318 g/mol. The topological polar surface area (TPSA) is 77.0 Å². The minimum absolute atomic E-state index is 0.124. The van der Waals surface area contributed by atoms with E-state index in [1.165, 1.54) is 0 Å². The van der Waals surface area contributed by atoms with Gasteiger partial charge in [0, 0.05) is 5.71 Å². The van der Waals surface area contributed by atoms with Crippen LogP contribution in [-0.2, 0) is 9.53 Å². The molecule has 1 aromatic carbocycles. The van der Waals surface area contributed by atoms with Gasteiger partial charge >= 0.3 is 5.97 Å². The number of benzene rings is 1. The first-order valence-corrected chi connectivity index (χ1v) is 7.83. The Bertz CT molecular complexity index is 577. The van der Waals surface area contributed by atoms with Crippen molar-refractivity contribution in [2.45, 2.75) is 33.1 Å². The van der Waals surface area contributed by atoms with Crippen LogP contribution in [-0.4, -0.2) is 30.8 Å². The number of hydrazone groups is 1. The molecule has 2 rings (SSSR count). The molecule has 124 valence electrons. The number of esters is 1. The van der Waals surface area contributed by atoms with Crippen molar-refractivity contribution in [3.8, 4) is 5.75 Å². The van der Waals surface area contributed by atoms with Gasteiger partial charge < -0.3 is 9.47 Å². The summed E-state index contributed by atoms with van der Waals surface area (Å²) in [4.78, 5) is 23.3. The van der Waals surface area contributed by atoms with E-state index in [4.69, 9.17) is 9.47 Å². The Kier molecular flexibility index (Phi) is 6.14. The molecular weight excluding hydrogens is 296 g/mol. The van der Waals surface area contributed by atoms with Gasteiger partial charge in [-0.2, -0.15) is 5.10 Å². The molecule has 1 fully saturated rings. The molecule has 1 N–H and O–H groups in total. The predicted molar refractivity (Wildman–Crippen MR) is 86.5 cm³/mol. The third kappa shape index (κ3) is 5.73. The number of ether oxygens (including phenoxy) is 2. The molecule has 1 amide bonds. The smallest absolute Gasteiger partial charge is 0.338 e. The minimum atomic E-state index is -0.360. The second kappa shape index (κ2) is 8.31. The first-order valence-electron chi connectivity index (χ1n) is 7.83. The molecule has 6 heteroatoms. The van der Waals surface area contributed by atoms with Crippen LogP contribution < -0.4 is 10.2 Å². The molecule has 1 aliphatic carbocycles. The summed E-state index contributed by atoms with van der Waals surface area (Å²) < 4.78 is 10.4. The Hall–Kier alpha value is -2.37. The first-order chi connectivity index (χ1) is 11.1. The summed E-state index contributed by atoms with van der Waals surface area (Å²) in [6.07, 6.45) is 3.08. The van der Waals surface area contributed by atoms with E-state index < -0.39 is 0 Å². The van der Waals surface area contributed by atoms with Crippen LogP contribution in [0.25, 0.3) is 0 Å². The van der Waals surface area contributed by atoms with Crippen molar-refractivity contribution < 1.29 is 19.1 Å². The van der Waals surface area contributed by atoms with Crippen LogP contribution in [0, 0.1) is 5.92 Å². The van der Waals surface area contributed by atoms with Gasteiger partial charge in [0.2, 0.25) is 0 Å². The van der Waals surface area contributed by atoms with Gasteiger partial charge in [0.25, 0.3) is 5.91 Å². The Balaban J connectivity index is 1.75. The van der Waals surface area contributed by atoms with E-state index in [1.807, 2.05) is 13.8 Å². The predicted octanol–water partition coefficient (Wildman–Crippen LogP) is 2.53. The van der Waals surface area contributed by atoms with Crippen LogP contribution in [0.1, 0.15) is 43.5 Å². The summed E-state index contributed by atoms with van der Waals surface area (Å²) in [7, 11) is 0. The summed E-state index contributed by atoms with van der Waals surface area (Å²) in [6, 6.07) is 6.49. The first kappa shape index (κ1) is 17.0. The molecule has 0 aliphatic heterocycles. The van der Waals surface area contributed by atoms with Crippen molar-refractivity contribution in [2.75, 3.05) is 13.2 Å². The van der Waals surface area contributed by atoms with Crippen LogP contribution >= 0.6 is 0 Å². The van der Waals surface area contributed by atoms with E-state index in [0.29, 0.717) is 23.8 Å². The highest BCUT2D eigenvalue weighted by Gasteiger charge is 2.24. The van der Waals surface area contributed by atoms with E-state index in [0.717, 1.165) is 25.0 Å². The Morgan fingerprint density at radius 3 is 2.57 bits per heavy atom. The van der Waals surface area contributed by atoms with Gasteiger partial charge in [-0.1, -0.05) is 6.92 Å². The van der Waals surface area contributed by atoms with Gasteiger partial charge in [0.15, 0.2) is 6.61 Å². The van der Waals surface area contributed by atoms with Gasteiger partial charge in [-0.15, -0.1) is 0 Å². The van der Waals surface area contributed by atoms with Crippen LogP contribution in [0.3, 0.4) is 0 Å². The second-order valence-electron chi connectivity index (χ2n) is 5.51. The van der Waals surface area contributed by atoms with Crippen molar-refractivity contribution >= 4 is 17.6 Å². The molecule has 0 atom stereocenters. The molecule has 0 heterocycles. The van der Waals surface area contributed by atoms with Crippen LogP contribution in [0.15, 0.2) is 29.4 Å². The van der Waals surface area contributed by atoms with Gasteiger partial charge in [-0.25, -0.2) is 10.2 Å². The number of nitrogens with one attached hydrogen (secondary N) is 1. The average Bonchev–Trinajstić information content (AvgIpc) is 3.41. The Labute approximate surface area is 135 Å². The largest absolute Gasteiger partial charge is 0.484 e. The molecular formula is C17H22N2O4. The molecule has 1 aliphatic rings. The van der Waals surface area contributed by atoms with E-state index in [-0.39, 0.29) is 18.5 Å². The molecule has 0 aromatic heterocycles. The number of amides is 1. The summed E-state index contributed by atoms with van der Waals surface area (Å²) in [5, 5.41) is 4.04. The number of carbonyl (C=O) groups excluding carboxylic acids is 2. The third-order valence-electron chi connectivity index (χ3n) is 3.42. The fraction of sp³-hybridized carbons (Fsp3) is 0.471. The zero-order valence-corrected chi connectivity index (χ0v) is 13.5. The molecule has 0 radical (unpaired) electrons. The highest BCUT2D eigenvalue weighted by Crippen LogP contribution is 2.30. The van der Waals surface area contributed by atoms with Crippen LogP contribution in [0.4, 0.5) is 0 Å². The quantitative estimate of drug-likeness (QED) is 0.454. The minimum Gasteiger partial charge on any atom is -0.484 e. The fourth-order valence-electron chi connectivity index (χ4n) is 1.89. The summed E-state index contributed by atoms with van der Waals surface area (Å²) in [6.45, 7) is 4.12. The normalized spacial score (nSPS) is 14.3. The maximum absolute atomic E-state index is 11.6. The molecule has 1 saturated carbocycles. The SMILES string of the molecule is CCCOC(=O)c1ccc(OCC(=O)NN=C(C)C2CC2)cc1. The molecule has 0 saturated heterocycles. The Morgan fingerprint density at radius 2 is 1.96 bits per heavy atom. The van der Waals surface area contributed by atoms with Crippen LogP contribution in [0.2, 0.25) is 0 Å². The number of hydrogen-bond donors (Lipinski definition) is 1. The summed E-state index contributed by atoms with van der Waals surface area (Å²) in [5.74, 6) is 0.365. The third-order valence-corrected chi connectivity index (χ3v) is 3.42. The fourth-order valence-corrected chi connectivity index (χ4v) is 1.89. The van der Waals surface area contributed by atoms with Crippen molar-refractivity contribution in [3.63, 3.8) is 0 Å². The number of nitrogens with zero attached hydrogens (tertiary/aromatic N) is 1. The van der Waals surface area contributed by atoms with Gasteiger partial charge in [0.1, 0.15) is 5.75 Å². The second-order valence-corrected chi connectivity index (χ2v) is 5.51. The van der Waals surface area contributed by atoms with Crippen molar-refractivity contribution in [1.29, 1.82) is 0 Å². The van der Waals surface area contributed by atoms with Gasteiger partial charge in [-0.3, -0.25) is 4.79 Å². The average molecular weight is 318 g/mol. The lowest BCUT2D eigenvalue weighted by Gasteiger charge is -2.07. The number of hydrogen-bond acceptors (Lipinski definition) is 5. The van der Waals surface area contributed by atoms with E-state index in [2.05, 4.69) is 10.5 Å². The van der Waals surface area contributed by atoms with Crippen molar-refractivity contribution in [3.05, 3.63) is 29.8 Å². The van der Waals surface area contributed by atoms with E-state index in [9.17, 15) is 9.59 Å². The standard InChI is InChI=1S/C17H22N2O4/c1-3-10-22-17(21)14-6-8-15(9-7-14)23-11-16(20)19-18-12(2)13-4-5-13/h6-9,13H,3-5,10-11H2,1-2H3,(H,19,20). The van der Waals surface area contributed by atoms with Crippen molar-refractivity contribution in [2.24, 2.45) is 11.0 Å². The Morgan fingerprint density at radius 1 is 1.26 bits per heavy atom. The van der Waals surface area contributed by atoms with E-state index >= 15 is 0 Å². The van der Waals surface area contributed by atoms with E-state index in [1.54, 1.807) is 24.3 Å². The molecule has 0 unspecified atom stereocenters. The zero-order chi connectivity index (χ0) is 16.7. The maximum Gasteiger partial charge on any atom is 0.338 e. The van der Waals surface area contributed by atoms with Crippen molar-refractivity contribution in [1.82, 2.24) is 5.43 Å². The van der Waals surface area contributed by atoms with Gasteiger partial charge in [0.05, 0.1) is 12.2 Å². The molecule has 6 nitrogen and oxygen atoms in total.